The van der Waals surface area contributed by atoms with E-state index in [-0.39, 0.29) is 10.7 Å². The van der Waals surface area contributed by atoms with E-state index in [9.17, 15) is 4.79 Å². The number of carboxylic acid groups (broad SMARTS) is 1. The van der Waals surface area contributed by atoms with Gasteiger partial charge in [0, 0.05) is 0 Å². The number of ether oxygens (including phenoxy) is 2. The van der Waals surface area contributed by atoms with E-state index >= 15 is 0 Å². The molecular weight excluding hydrogens is 222 g/mol. The second kappa shape index (κ2) is 4.14. The Balaban J connectivity index is 2.28. The molecular formula is C9H8ClNO4. The van der Waals surface area contributed by atoms with Crippen LogP contribution in [0, 0.1) is 0 Å². The van der Waals surface area contributed by atoms with Gasteiger partial charge in [-0.3, -0.25) is 0 Å². The minimum absolute atomic E-state index is 0.0292. The molecule has 0 amide bonds. The highest BCUT2D eigenvalue weighted by atomic mass is 35.5. The molecule has 6 heteroatoms. The van der Waals surface area contributed by atoms with Crippen molar-refractivity contribution in [1.29, 1.82) is 0 Å². The number of aromatic nitrogens is 1. The van der Waals surface area contributed by atoms with Crippen molar-refractivity contribution in [2.75, 3.05) is 13.2 Å². The van der Waals surface area contributed by atoms with Gasteiger partial charge in [-0.25, -0.2) is 9.78 Å². The summed E-state index contributed by atoms with van der Waals surface area (Å²) in [5.41, 5.74) is 0.459. The molecule has 5 nitrogen and oxygen atoms in total. The smallest absolute Gasteiger partial charge is 0.338 e. The van der Waals surface area contributed by atoms with Crippen LogP contribution >= 0.6 is 11.6 Å². The predicted molar refractivity (Wildman–Crippen MR) is 50.9 cm³/mol. The van der Waals surface area contributed by atoms with Gasteiger partial charge < -0.3 is 14.6 Å². The van der Waals surface area contributed by atoms with Gasteiger partial charge in [0.15, 0.2) is 0 Å². The summed E-state index contributed by atoms with van der Waals surface area (Å²) in [7, 11) is 0. The minimum Gasteiger partial charge on any atom is -0.478 e. The quantitative estimate of drug-likeness (QED) is 0.778. The molecule has 1 saturated heterocycles. The molecule has 0 atom stereocenters. The Morgan fingerprint density at radius 2 is 2.13 bits per heavy atom. The molecule has 0 unspecified atom stereocenters. The second-order valence-electron chi connectivity index (χ2n) is 2.95. The highest BCUT2D eigenvalue weighted by Crippen LogP contribution is 2.24. The number of aromatic carboxylic acids is 1. The van der Waals surface area contributed by atoms with Crippen LogP contribution in [-0.2, 0) is 9.47 Å². The number of hydrogen-bond acceptors (Lipinski definition) is 4. The Bertz CT molecular complexity index is 390. The van der Waals surface area contributed by atoms with E-state index in [4.69, 9.17) is 26.2 Å². The SMILES string of the molecule is O=C(O)c1ccc(C2OCCO2)nc1Cl. The van der Waals surface area contributed by atoms with Crippen LogP contribution in [0.2, 0.25) is 5.15 Å². The summed E-state index contributed by atoms with van der Waals surface area (Å²) in [5, 5.41) is 8.68. The van der Waals surface area contributed by atoms with E-state index < -0.39 is 12.3 Å². The third-order valence-electron chi connectivity index (χ3n) is 1.96. The van der Waals surface area contributed by atoms with Crippen molar-refractivity contribution in [2.24, 2.45) is 0 Å². The van der Waals surface area contributed by atoms with Crippen LogP contribution in [0.3, 0.4) is 0 Å². The molecule has 0 aliphatic carbocycles. The van der Waals surface area contributed by atoms with Gasteiger partial charge in [0.05, 0.1) is 24.5 Å². The molecule has 80 valence electrons. The van der Waals surface area contributed by atoms with Crippen LogP contribution in [0.1, 0.15) is 22.3 Å². The number of nitrogens with zero attached hydrogens (tertiary/aromatic N) is 1. The maximum Gasteiger partial charge on any atom is 0.338 e. The zero-order valence-electron chi connectivity index (χ0n) is 7.64. The van der Waals surface area contributed by atoms with E-state index in [0.717, 1.165) is 0 Å². The molecule has 1 aliphatic rings. The number of halogens is 1. The van der Waals surface area contributed by atoms with Crippen molar-refractivity contribution in [3.8, 4) is 0 Å². The number of hydrogen-bond donors (Lipinski definition) is 1. The number of pyridine rings is 1. The van der Waals surface area contributed by atoms with Crippen molar-refractivity contribution in [3.05, 3.63) is 28.5 Å². The molecule has 2 heterocycles. The fourth-order valence-electron chi connectivity index (χ4n) is 1.27. The summed E-state index contributed by atoms with van der Waals surface area (Å²) in [6, 6.07) is 2.92. The van der Waals surface area contributed by atoms with Crippen LogP contribution in [0.15, 0.2) is 12.1 Å². The lowest BCUT2D eigenvalue weighted by atomic mass is 10.2. The summed E-state index contributed by atoms with van der Waals surface area (Å²) in [4.78, 5) is 14.6. The summed E-state index contributed by atoms with van der Waals surface area (Å²) >= 11 is 5.70. The molecule has 0 aromatic carbocycles. The Morgan fingerprint density at radius 1 is 1.47 bits per heavy atom. The van der Waals surface area contributed by atoms with Crippen molar-refractivity contribution in [3.63, 3.8) is 0 Å². The van der Waals surface area contributed by atoms with Gasteiger partial charge in [0.1, 0.15) is 5.15 Å². The molecule has 15 heavy (non-hydrogen) atoms. The predicted octanol–water partition coefficient (Wildman–Crippen LogP) is 1.48. The zero-order valence-corrected chi connectivity index (χ0v) is 8.40. The Hall–Kier alpha value is -1.17. The lowest BCUT2D eigenvalue weighted by Gasteiger charge is -2.08. The maximum atomic E-state index is 10.7. The maximum absolute atomic E-state index is 10.7. The van der Waals surface area contributed by atoms with Crippen molar-refractivity contribution < 1.29 is 19.4 Å². The lowest BCUT2D eigenvalue weighted by molar-refractivity contribution is -0.0473. The molecule has 1 N–H and O–H groups in total. The molecule has 0 radical (unpaired) electrons. The first kappa shape index (κ1) is 10.4. The van der Waals surface area contributed by atoms with Gasteiger partial charge in [0.25, 0.3) is 0 Å². The van der Waals surface area contributed by atoms with Crippen LogP contribution in [0.25, 0.3) is 0 Å². The first-order valence-corrected chi connectivity index (χ1v) is 4.69. The normalized spacial score (nSPS) is 16.9. The van der Waals surface area contributed by atoms with E-state index in [1.165, 1.54) is 12.1 Å². The molecule has 0 spiro atoms. The van der Waals surface area contributed by atoms with Crippen LogP contribution in [0.5, 0.6) is 0 Å². The van der Waals surface area contributed by atoms with Crippen LogP contribution in [-0.4, -0.2) is 29.3 Å². The van der Waals surface area contributed by atoms with Crippen molar-refractivity contribution in [1.82, 2.24) is 4.98 Å². The molecule has 0 bridgehead atoms. The summed E-state index contributed by atoms with van der Waals surface area (Å²) in [5.74, 6) is -1.10. The van der Waals surface area contributed by atoms with Crippen molar-refractivity contribution in [2.45, 2.75) is 6.29 Å². The Kier molecular flexibility index (Phi) is 2.86. The molecule has 1 aromatic rings. The molecule has 2 rings (SSSR count). The van der Waals surface area contributed by atoms with Gasteiger partial charge in [0.2, 0.25) is 6.29 Å². The van der Waals surface area contributed by atoms with Gasteiger partial charge in [-0.2, -0.15) is 0 Å². The average Bonchev–Trinajstić information content (AvgIpc) is 2.69. The number of carboxylic acids is 1. The molecule has 1 fully saturated rings. The van der Waals surface area contributed by atoms with Crippen LogP contribution in [0.4, 0.5) is 0 Å². The van der Waals surface area contributed by atoms with Gasteiger partial charge >= 0.3 is 5.97 Å². The van der Waals surface area contributed by atoms with E-state index in [1.807, 2.05) is 0 Å². The Morgan fingerprint density at radius 3 is 2.67 bits per heavy atom. The van der Waals surface area contributed by atoms with Gasteiger partial charge in [-0.1, -0.05) is 11.6 Å². The average molecular weight is 230 g/mol. The fourth-order valence-corrected chi connectivity index (χ4v) is 1.51. The van der Waals surface area contributed by atoms with Crippen LogP contribution < -0.4 is 0 Å². The monoisotopic (exact) mass is 229 g/mol. The van der Waals surface area contributed by atoms with E-state index in [1.54, 1.807) is 0 Å². The zero-order chi connectivity index (χ0) is 10.8. The Labute approximate surface area is 90.6 Å². The second-order valence-corrected chi connectivity index (χ2v) is 3.31. The summed E-state index contributed by atoms with van der Waals surface area (Å²) < 4.78 is 10.4. The lowest BCUT2D eigenvalue weighted by Crippen LogP contribution is -2.05. The van der Waals surface area contributed by atoms with E-state index in [0.29, 0.717) is 18.9 Å². The summed E-state index contributed by atoms with van der Waals surface area (Å²) in [6.07, 6.45) is -0.537. The van der Waals surface area contributed by atoms with Gasteiger partial charge in [-0.05, 0) is 12.1 Å². The first-order chi connectivity index (χ1) is 7.18. The fraction of sp³-hybridized carbons (Fsp3) is 0.333. The molecule has 1 aliphatic heterocycles. The molecule has 0 saturated carbocycles. The third kappa shape index (κ3) is 2.09. The topological polar surface area (TPSA) is 68.7 Å². The largest absolute Gasteiger partial charge is 0.478 e. The van der Waals surface area contributed by atoms with Gasteiger partial charge in [-0.15, -0.1) is 0 Å². The number of carbonyl (C=O) groups is 1. The summed E-state index contributed by atoms with van der Waals surface area (Å²) in [6.45, 7) is 1.01. The van der Waals surface area contributed by atoms with Crippen molar-refractivity contribution >= 4 is 17.6 Å². The van der Waals surface area contributed by atoms with E-state index in [2.05, 4.69) is 4.98 Å². The standard InChI is InChI=1S/C9H8ClNO4/c10-7-5(8(12)13)1-2-6(11-7)9-14-3-4-15-9/h1-2,9H,3-4H2,(H,12,13). The minimum atomic E-state index is -1.10. The third-order valence-corrected chi connectivity index (χ3v) is 2.25. The highest BCUT2D eigenvalue weighted by molar-refractivity contribution is 6.32. The highest BCUT2D eigenvalue weighted by Gasteiger charge is 2.21. The number of rotatable bonds is 2. The molecule has 1 aromatic heterocycles. The first-order valence-electron chi connectivity index (χ1n) is 4.31.